The molecule has 112 valence electrons. The van der Waals surface area contributed by atoms with E-state index in [2.05, 4.69) is 73.4 Å². The summed E-state index contributed by atoms with van der Waals surface area (Å²) in [6.07, 6.45) is 3.24. The minimum atomic E-state index is 0.996. The molecule has 2 aromatic carbocycles. The third-order valence-corrected chi connectivity index (χ3v) is 4.81. The van der Waals surface area contributed by atoms with E-state index in [1.807, 2.05) is 11.3 Å². The highest BCUT2D eigenvalue weighted by molar-refractivity contribution is 7.11. The van der Waals surface area contributed by atoms with Crippen LogP contribution in [0.25, 0.3) is 11.1 Å². The van der Waals surface area contributed by atoms with Crippen LogP contribution in [0.3, 0.4) is 0 Å². The molecule has 0 amide bonds. The van der Waals surface area contributed by atoms with Gasteiger partial charge in [0.2, 0.25) is 0 Å². The molecule has 3 rings (SSSR count). The molecule has 0 aliphatic heterocycles. The van der Waals surface area contributed by atoms with E-state index in [-0.39, 0.29) is 0 Å². The van der Waals surface area contributed by atoms with Gasteiger partial charge in [-0.15, -0.1) is 11.3 Å². The summed E-state index contributed by atoms with van der Waals surface area (Å²) >= 11 is 1.84. The quantitative estimate of drug-likeness (QED) is 0.592. The number of benzene rings is 2. The molecular weight excluding hydrogens is 286 g/mol. The van der Waals surface area contributed by atoms with E-state index in [9.17, 15) is 0 Å². The maximum Gasteiger partial charge on any atom is 0.0900 e. The fraction of sp³-hybridized carbons (Fsp3) is 0.250. The van der Waals surface area contributed by atoms with Gasteiger partial charge >= 0.3 is 0 Å². The van der Waals surface area contributed by atoms with Crippen molar-refractivity contribution in [2.45, 2.75) is 33.1 Å². The first-order chi connectivity index (χ1) is 10.8. The van der Waals surface area contributed by atoms with Crippen molar-refractivity contribution in [3.05, 3.63) is 75.7 Å². The Hall–Kier alpha value is -1.93. The highest BCUT2D eigenvalue weighted by atomic mass is 32.1. The van der Waals surface area contributed by atoms with Crippen molar-refractivity contribution >= 4 is 11.3 Å². The van der Waals surface area contributed by atoms with E-state index in [4.69, 9.17) is 0 Å². The molecule has 0 N–H and O–H groups in total. The first kappa shape index (κ1) is 15.0. The zero-order valence-electron chi connectivity index (χ0n) is 13.2. The Labute approximate surface area is 136 Å². The molecule has 0 fully saturated rings. The SMILES string of the molecule is CCCc1nc(C)sc1Cc1ccc(-c2ccccc2)cc1. The smallest absolute Gasteiger partial charge is 0.0900 e. The van der Waals surface area contributed by atoms with Crippen LogP contribution in [-0.2, 0) is 12.8 Å². The molecule has 0 saturated carbocycles. The number of thiazole rings is 1. The summed E-state index contributed by atoms with van der Waals surface area (Å²) in [5.41, 5.74) is 5.20. The summed E-state index contributed by atoms with van der Waals surface area (Å²) < 4.78 is 0. The lowest BCUT2D eigenvalue weighted by Gasteiger charge is -2.05. The lowest BCUT2D eigenvalue weighted by atomic mass is 10.0. The third kappa shape index (κ3) is 3.45. The highest BCUT2D eigenvalue weighted by Gasteiger charge is 2.09. The summed E-state index contributed by atoms with van der Waals surface area (Å²) in [5.74, 6) is 0. The van der Waals surface area contributed by atoms with Crippen LogP contribution in [0.2, 0.25) is 0 Å². The number of aryl methyl sites for hydroxylation is 2. The molecule has 1 aromatic heterocycles. The van der Waals surface area contributed by atoms with Gasteiger partial charge in [0.15, 0.2) is 0 Å². The number of rotatable bonds is 5. The summed E-state index contributed by atoms with van der Waals surface area (Å²) in [7, 11) is 0. The van der Waals surface area contributed by atoms with Crippen LogP contribution < -0.4 is 0 Å². The van der Waals surface area contributed by atoms with E-state index >= 15 is 0 Å². The van der Waals surface area contributed by atoms with E-state index < -0.39 is 0 Å². The topological polar surface area (TPSA) is 12.9 Å². The second-order valence-electron chi connectivity index (χ2n) is 5.59. The van der Waals surface area contributed by atoms with Gasteiger partial charge in [0.25, 0.3) is 0 Å². The van der Waals surface area contributed by atoms with Crippen LogP contribution in [0.5, 0.6) is 0 Å². The van der Waals surface area contributed by atoms with E-state index in [1.165, 1.54) is 32.3 Å². The van der Waals surface area contributed by atoms with Crippen LogP contribution in [-0.4, -0.2) is 4.98 Å². The Morgan fingerprint density at radius 2 is 1.59 bits per heavy atom. The third-order valence-electron chi connectivity index (χ3n) is 3.80. The second-order valence-corrected chi connectivity index (χ2v) is 6.88. The minimum absolute atomic E-state index is 0.996. The van der Waals surface area contributed by atoms with Gasteiger partial charge in [-0.1, -0.05) is 67.9 Å². The van der Waals surface area contributed by atoms with Gasteiger partial charge in [-0.3, -0.25) is 0 Å². The van der Waals surface area contributed by atoms with E-state index in [0.717, 1.165) is 19.3 Å². The Morgan fingerprint density at radius 1 is 0.909 bits per heavy atom. The normalized spacial score (nSPS) is 10.8. The first-order valence-electron chi connectivity index (χ1n) is 7.86. The van der Waals surface area contributed by atoms with Gasteiger partial charge in [0, 0.05) is 11.3 Å². The number of hydrogen-bond acceptors (Lipinski definition) is 2. The van der Waals surface area contributed by atoms with E-state index in [0.29, 0.717) is 0 Å². The van der Waals surface area contributed by atoms with Gasteiger partial charge in [0.1, 0.15) is 0 Å². The fourth-order valence-corrected chi connectivity index (χ4v) is 3.73. The van der Waals surface area contributed by atoms with Crippen LogP contribution in [0.4, 0.5) is 0 Å². The summed E-state index contributed by atoms with van der Waals surface area (Å²) in [6, 6.07) is 19.5. The highest BCUT2D eigenvalue weighted by Crippen LogP contribution is 2.25. The van der Waals surface area contributed by atoms with Crippen molar-refractivity contribution in [1.82, 2.24) is 4.98 Å². The zero-order valence-corrected chi connectivity index (χ0v) is 14.0. The lowest BCUT2D eigenvalue weighted by Crippen LogP contribution is -1.92. The van der Waals surface area contributed by atoms with Gasteiger partial charge in [-0.05, 0) is 30.0 Å². The van der Waals surface area contributed by atoms with Crippen molar-refractivity contribution in [2.24, 2.45) is 0 Å². The van der Waals surface area contributed by atoms with Gasteiger partial charge in [-0.2, -0.15) is 0 Å². The summed E-state index contributed by atoms with van der Waals surface area (Å²) in [5, 5.41) is 1.18. The molecule has 1 nitrogen and oxygen atoms in total. The standard InChI is InChI=1S/C20H21NS/c1-3-7-19-20(22-15(2)21-19)14-16-10-12-18(13-11-16)17-8-5-4-6-9-17/h4-6,8-13H,3,7,14H2,1-2H3. The monoisotopic (exact) mass is 307 g/mol. The molecule has 0 saturated heterocycles. The first-order valence-corrected chi connectivity index (χ1v) is 8.67. The van der Waals surface area contributed by atoms with Gasteiger partial charge in [-0.25, -0.2) is 4.98 Å². The van der Waals surface area contributed by atoms with Crippen LogP contribution >= 0.6 is 11.3 Å². The largest absolute Gasteiger partial charge is 0.246 e. The molecule has 0 aliphatic carbocycles. The van der Waals surface area contributed by atoms with Crippen LogP contribution in [0.1, 0.15) is 34.5 Å². The molecule has 2 heteroatoms. The molecule has 1 heterocycles. The van der Waals surface area contributed by atoms with E-state index in [1.54, 1.807) is 0 Å². The van der Waals surface area contributed by atoms with Crippen molar-refractivity contribution < 1.29 is 0 Å². The van der Waals surface area contributed by atoms with Crippen molar-refractivity contribution in [3.8, 4) is 11.1 Å². The Balaban J connectivity index is 1.79. The molecule has 22 heavy (non-hydrogen) atoms. The van der Waals surface area contributed by atoms with Gasteiger partial charge in [0.05, 0.1) is 10.7 Å². The van der Waals surface area contributed by atoms with Crippen molar-refractivity contribution in [2.75, 3.05) is 0 Å². The van der Waals surface area contributed by atoms with Gasteiger partial charge < -0.3 is 0 Å². The predicted molar refractivity (Wildman–Crippen MR) is 95.5 cm³/mol. The molecule has 0 radical (unpaired) electrons. The Morgan fingerprint density at radius 3 is 2.27 bits per heavy atom. The predicted octanol–water partition coefficient (Wildman–Crippen LogP) is 5.66. The molecule has 0 bridgehead atoms. The number of aromatic nitrogens is 1. The molecule has 3 aromatic rings. The Bertz CT molecular complexity index is 726. The number of hydrogen-bond donors (Lipinski definition) is 0. The zero-order chi connectivity index (χ0) is 15.4. The average molecular weight is 307 g/mol. The molecule has 0 unspecified atom stereocenters. The second kappa shape index (κ2) is 6.89. The maximum atomic E-state index is 4.68. The molecule has 0 spiro atoms. The van der Waals surface area contributed by atoms with Crippen LogP contribution in [0, 0.1) is 6.92 Å². The molecule has 0 aliphatic rings. The minimum Gasteiger partial charge on any atom is -0.246 e. The summed E-state index contributed by atoms with van der Waals surface area (Å²) in [6.45, 7) is 4.32. The van der Waals surface area contributed by atoms with Crippen LogP contribution in [0.15, 0.2) is 54.6 Å². The average Bonchev–Trinajstić information content (AvgIpc) is 2.89. The maximum absolute atomic E-state index is 4.68. The Kier molecular flexibility index (Phi) is 4.69. The molecule has 0 atom stereocenters. The summed E-state index contributed by atoms with van der Waals surface area (Å²) in [4.78, 5) is 6.10. The lowest BCUT2D eigenvalue weighted by molar-refractivity contribution is 0.874. The van der Waals surface area contributed by atoms with Crippen molar-refractivity contribution in [3.63, 3.8) is 0 Å². The van der Waals surface area contributed by atoms with Crippen molar-refractivity contribution in [1.29, 1.82) is 0 Å². The molecular formula is C20H21NS. The number of nitrogens with zero attached hydrogens (tertiary/aromatic N) is 1. The fourth-order valence-electron chi connectivity index (χ4n) is 2.71.